The van der Waals surface area contributed by atoms with Crippen LogP contribution in [0.1, 0.15) is 11.3 Å². The number of amides is 1. The van der Waals surface area contributed by atoms with Gasteiger partial charge in [-0.15, -0.1) is 0 Å². The van der Waals surface area contributed by atoms with Gasteiger partial charge in [0.15, 0.2) is 29.0 Å². The first kappa shape index (κ1) is 15.4. The zero-order chi connectivity index (χ0) is 16.4. The molecule has 0 bridgehead atoms. The first-order valence-electron chi connectivity index (χ1n) is 6.95. The molecule has 0 aliphatic rings. The summed E-state index contributed by atoms with van der Waals surface area (Å²) in [5.41, 5.74) is 2.55. The number of carbonyl (C=O) groups excluding carboxylic acids is 1. The number of halogens is 1. The molecular formula is C16H14FN3O2S. The van der Waals surface area contributed by atoms with E-state index in [0.29, 0.717) is 10.8 Å². The summed E-state index contributed by atoms with van der Waals surface area (Å²) in [4.78, 5) is 20.5. The molecule has 0 radical (unpaired) electrons. The molecule has 0 spiro atoms. The lowest BCUT2D eigenvalue weighted by Crippen LogP contribution is -2.20. The summed E-state index contributed by atoms with van der Waals surface area (Å²) >= 11 is 1.35. The third-order valence-electron chi connectivity index (χ3n) is 3.12. The quantitative estimate of drug-likeness (QED) is 0.795. The lowest BCUT2D eigenvalue weighted by molar-refractivity contribution is -0.118. The number of pyridine rings is 1. The van der Waals surface area contributed by atoms with Gasteiger partial charge in [0.2, 0.25) is 0 Å². The summed E-state index contributed by atoms with van der Waals surface area (Å²) in [6, 6.07) is 7.91. The summed E-state index contributed by atoms with van der Waals surface area (Å²) in [7, 11) is 0. The average Bonchev–Trinajstić information content (AvgIpc) is 2.89. The number of aromatic nitrogens is 2. The van der Waals surface area contributed by atoms with Gasteiger partial charge in [-0.25, -0.2) is 9.37 Å². The van der Waals surface area contributed by atoms with Crippen LogP contribution in [0.2, 0.25) is 0 Å². The number of anilines is 1. The standard InChI is InChI=1S/C16H14FN3O2S/c1-9-7-10(2)18-15-14(9)23-16(20-15)19-13(21)8-22-12-6-4-3-5-11(12)17/h3-7H,8H2,1-2H3,(H,18,19,20,21). The van der Waals surface area contributed by atoms with Crippen molar-refractivity contribution in [3.63, 3.8) is 0 Å². The summed E-state index contributed by atoms with van der Waals surface area (Å²) in [5.74, 6) is -0.864. The number of hydrogen-bond acceptors (Lipinski definition) is 5. The summed E-state index contributed by atoms with van der Waals surface area (Å²) in [6.45, 7) is 3.58. The van der Waals surface area contributed by atoms with Crippen molar-refractivity contribution in [1.82, 2.24) is 9.97 Å². The number of carbonyl (C=O) groups is 1. The monoisotopic (exact) mass is 331 g/mol. The first-order chi connectivity index (χ1) is 11.0. The number of nitrogens with one attached hydrogen (secondary N) is 1. The molecule has 0 atom stereocenters. The van der Waals surface area contributed by atoms with Crippen LogP contribution >= 0.6 is 11.3 Å². The Morgan fingerprint density at radius 3 is 2.87 bits per heavy atom. The maximum atomic E-state index is 13.4. The molecule has 0 aliphatic carbocycles. The summed E-state index contributed by atoms with van der Waals surface area (Å²) < 4.78 is 19.5. The Morgan fingerprint density at radius 1 is 1.30 bits per heavy atom. The number of benzene rings is 1. The van der Waals surface area contributed by atoms with E-state index in [9.17, 15) is 9.18 Å². The average molecular weight is 331 g/mol. The first-order valence-corrected chi connectivity index (χ1v) is 7.76. The predicted molar refractivity (Wildman–Crippen MR) is 87.4 cm³/mol. The maximum absolute atomic E-state index is 13.4. The van der Waals surface area contributed by atoms with E-state index in [1.54, 1.807) is 12.1 Å². The van der Waals surface area contributed by atoms with Crippen molar-refractivity contribution in [3.8, 4) is 5.75 Å². The van der Waals surface area contributed by atoms with Crippen molar-refractivity contribution in [2.45, 2.75) is 13.8 Å². The molecule has 1 amide bonds. The Hall–Kier alpha value is -2.54. The Bertz CT molecular complexity index is 879. The van der Waals surface area contributed by atoms with Gasteiger partial charge >= 0.3 is 0 Å². The Kier molecular flexibility index (Phi) is 4.20. The van der Waals surface area contributed by atoms with E-state index in [1.165, 1.54) is 23.5 Å². The maximum Gasteiger partial charge on any atom is 0.264 e. The molecule has 0 fully saturated rings. The van der Waals surface area contributed by atoms with Crippen LogP contribution in [0.5, 0.6) is 5.75 Å². The molecule has 3 aromatic rings. The zero-order valence-electron chi connectivity index (χ0n) is 12.6. The van der Waals surface area contributed by atoms with E-state index in [0.717, 1.165) is 16.0 Å². The minimum absolute atomic E-state index is 0.0417. The molecule has 23 heavy (non-hydrogen) atoms. The third kappa shape index (κ3) is 3.45. The van der Waals surface area contributed by atoms with Crippen LogP contribution in [0.15, 0.2) is 30.3 Å². The molecule has 2 aromatic heterocycles. The second kappa shape index (κ2) is 6.29. The summed E-state index contributed by atoms with van der Waals surface area (Å²) in [5, 5.41) is 3.10. The fourth-order valence-corrected chi connectivity index (χ4v) is 3.03. The van der Waals surface area contributed by atoms with Crippen LogP contribution in [-0.2, 0) is 4.79 Å². The van der Waals surface area contributed by atoms with E-state index < -0.39 is 11.7 Å². The van der Waals surface area contributed by atoms with Gasteiger partial charge in [-0.1, -0.05) is 23.5 Å². The number of aryl methyl sites for hydroxylation is 2. The molecule has 7 heteroatoms. The Labute approximate surface area is 136 Å². The van der Waals surface area contributed by atoms with Crippen LogP contribution < -0.4 is 10.1 Å². The van der Waals surface area contributed by atoms with Crippen LogP contribution in [0.25, 0.3) is 10.3 Å². The number of nitrogens with zero attached hydrogens (tertiary/aromatic N) is 2. The molecule has 0 saturated heterocycles. The smallest absolute Gasteiger partial charge is 0.264 e. The molecule has 5 nitrogen and oxygen atoms in total. The van der Waals surface area contributed by atoms with Crippen molar-refractivity contribution >= 4 is 32.7 Å². The van der Waals surface area contributed by atoms with Gasteiger partial charge in [0.25, 0.3) is 5.91 Å². The van der Waals surface area contributed by atoms with Gasteiger partial charge in [-0.05, 0) is 37.6 Å². The predicted octanol–water partition coefficient (Wildman–Crippen LogP) is 3.46. The number of fused-ring (bicyclic) bond motifs is 1. The second-order valence-electron chi connectivity index (χ2n) is 5.02. The normalized spacial score (nSPS) is 10.7. The van der Waals surface area contributed by atoms with E-state index in [2.05, 4.69) is 15.3 Å². The van der Waals surface area contributed by atoms with Crippen molar-refractivity contribution in [3.05, 3.63) is 47.4 Å². The number of ether oxygens (including phenoxy) is 1. The highest BCUT2D eigenvalue weighted by Crippen LogP contribution is 2.28. The van der Waals surface area contributed by atoms with Crippen molar-refractivity contribution in [2.24, 2.45) is 0 Å². The van der Waals surface area contributed by atoms with Crippen molar-refractivity contribution < 1.29 is 13.9 Å². The second-order valence-corrected chi connectivity index (χ2v) is 6.02. The van der Waals surface area contributed by atoms with Crippen molar-refractivity contribution in [2.75, 3.05) is 11.9 Å². The molecule has 1 aromatic carbocycles. The molecule has 0 unspecified atom stereocenters. The largest absolute Gasteiger partial charge is 0.481 e. The van der Waals surface area contributed by atoms with Gasteiger partial charge in [0, 0.05) is 5.69 Å². The van der Waals surface area contributed by atoms with Gasteiger partial charge < -0.3 is 4.74 Å². The third-order valence-corrected chi connectivity index (χ3v) is 4.21. The number of hydrogen-bond donors (Lipinski definition) is 1. The number of para-hydroxylation sites is 1. The van der Waals surface area contributed by atoms with Gasteiger partial charge in [0.05, 0.1) is 4.70 Å². The van der Waals surface area contributed by atoms with E-state index in [4.69, 9.17) is 4.74 Å². The Balaban J connectivity index is 1.68. The SMILES string of the molecule is Cc1cc(C)c2sc(NC(=O)COc3ccccc3F)nc2n1. The number of thiazole rings is 1. The van der Waals surface area contributed by atoms with Gasteiger partial charge in [-0.2, -0.15) is 4.98 Å². The van der Waals surface area contributed by atoms with Crippen LogP contribution in [-0.4, -0.2) is 22.5 Å². The van der Waals surface area contributed by atoms with Gasteiger partial charge in [-0.3, -0.25) is 10.1 Å². The number of rotatable bonds is 4. The van der Waals surface area contributed by atoms with Crippen LogP contribution in [0.3, 0.4) is 0 Å². The highest BCUT2D eigenvalue weighted by Gasteiger charge is 2.12. The molecule has 118 valence electrons. The highest BCUT2D eigenvalue weighted by atomic mass is 32.1. The molecule has 0 saturated carbocycles. The fraction of sp³-hybridized carbons (Fsp3) is 0.188. The van der Waals surface area contributed by atoms with Crippen LogP contribution in [0.4, 0.5) is 9.52 Å². The molecule has 0 aliphatic heterocycles. The van der Waals surface area contributed by atoms with Gasteiger partial charge in [0.1, 0.15) is 0 Å². The minimum Gasteiger partial charge on any atom is -0.481 e. The highest BCUT2D eigenvalue weighted by molar-refractivity contribution is 7.22. The molecule has 3 rings (SSSR count). The van der Waals surface area contributed by atoms with Crippen LogP contribution in [0, 0.1) is 19.7 Å². The molecule has 1 N–H and O–H groups in total. The van der Waals surface area contributed by atoms with Crippen molar-refractivity contribution in [1.29, 1.82) is 0 Å². The topological polar surface area (TPSA) is 64.1 Å². The van der Waals surface area contributed by atoms with E-state index in [-0.39, 0.29) is 12.4 Å². The zero-order valence-corrected chi connectivity index (χ0v) is 13.4. The molecule has 2 heterocycles. The van der Waals surface area contributed by atoms with E-state index in [1.807, 2.05) is 19.9 Å². The lowest BCUT2D eigenvalue weighted by atomic mass is 10.2. The summed E-state index contributed by atoms with van der Waals surface area (Å²) in [6.07, 6.45) is 0. The molecular weight excluding hydrogens is 317 g/mol. The Morgan fingerprint density at radius 2 is 2.09 bits per heavy atom. The van der Waals surface area contributed by atoms with E-state index >= 15 is 0 Å². The lowest BCUT2D eigenvalue weighted by Gasteiger charge is -2.06. The fourth-order valence-electron chi connectivity index (χ4n) is 2.14. The minimum atomic E-state index is -0.504.